The number of carbonyl (C=O) groups is 1. The van der Waals surface area contributed by atoms with Gasteiger partial charge in [0.05, 0.1) is 12.3 Å². The molecule has 0 aromatic heterocycles. The molecule has 1 atom stereocenters. The first kappa shape index (κ1) is 11.0. The summed E-state index contributed by atoms with van der Waals surface area (Å²) in [5.74, 6) is -0.297. The van der Waals surface area contributed by atoms with E-state index in [-0.39, 0.29) is 5.97 Å². The maximum Gasteiger partial charge on any atom is 0.353 e. The standard InChI is InChI=1S/C10H17NO3/c1-4-8-7-10(5-2,14-11-8)9(12)13-6-3/h4-7H2,1-3H3. The predicted octanol–water partition coefficient (Wildman–Crippen LogP) is 1.88. The molecule has 14 heavy (non-hydrogen) atoms. The Morgan fingerprint density at radius 2 is 2.29 bits per heavy atom. The molecule has 0 amide bonds. The minimum atomic E-state index is -0.846. The van der Waals surface area contributed by atoms with Crippen LogP contribution in [0.3, 0.4) is 0 Å². The van der Waals surface area contributed by atoms with Crippen LogP contribution >= 0.6 is 0 Å². The van der Waals surface area contributed by atoms with E-state index >= 15 is 0 Å². The monoisotopic (exact) mass is 199 g/mol. The molecule has 1 unspecified atom stereocenters. The molecular weight excluding hydrogens is 182 g/mol. The summed E-state index contributed by atoms with van der Waals surface area (Å²) >= 11 is 0. The molecule has 4 nitrogen and oxygen atoms in total. The minimum Gasteiger partial charge on any atom is -0.463 e. The lowest BCUT2D eigenvalue weighted by molar-refractivity contribution is -0.169. The number of hydrogen-bond acceptors (Lipinski definition) is 4. The second kappa shape index (κ2) is 4.44. The molecule has 1 aliphatic heterocycles. The van der Waals surface area contributed by atoms with Crippen LogP contribution in [0.5, 0.6) is 0 Å². The van der Waals surface area contributed by atoms with Gasteiger partial charge in [-0.05, 0) is 19.8 Å². The van der Waals surface area contributed by atoms with Crippen molar-refractivity contribution in [1.82, 2.24) is 0 Å². The molecule has 0 spiro atoms. The quantitative estimate of drug-likeness (QED) is 0.649. The van der Waals surface area contributed by atoms with Gasteiger partial charge in [0.25, 0.3) is 0 Å². The van der Waals surface area contributed by atoms with Crippen molar-refractivity contribution in [2.45, 2.75) is 45.6 Å². The highest BCUT2D eigenvalue weighted by molar-refractivity contribution is 5.93. The Morgan fingerprint density at radius 3 is 2.71 bits per heavy atom. The van der Waals surface area contributed by atoms with E-state index in [0.717, 1.165) is 12.1 Å². The smallest absolute Gasteiger partial charge is 0.353 e. The van der Waals surface area contributed by atoms with E-state index in [1.807, 2.05) is 13.8 Å². The molecule has 80 valence electrons. The average molecular weight is 199 g/mol. The fourth-order valence-electron chi connectivity index (χ4n) is 1.44. The molecule has 0 radical (unpaired) electrons. The SMILES string of the molecule is CCOC(=O)C1(CC)CC(CC)=NO1. The van der Waals surface area contributed by atoms with E-state index in [9.17, 15) is 4.79 Å². The average Bonchev–Trinajstić information content (AvgIpc) is 2.63. The summed E-state index contributed by atoms with van der Waals surface area (Å²) in [5.41, 5.74) is 0.0846. The van der Waals surface area contributed by atoms with Gasteiger partial charge in [-0.1, -0.05) is 19.0 Å². The first-order valence-electron chi connectivity index (χ1n) is 5.09. The molecule has 0 aliphatic carbocycles. The molecule has 0 fully saturated rings. The number of esters is 1. The lowest BCUT2D eigenvalue weighted by Crippen LogP contribution is -2.39. The van der Waals surface area contributed by atoms with Gasteiger partial charge in [-0.2, -0.15) is 0 Å². The van der Waals surface area contributed by atoms with Crippen molar-refractivity contribution in [3.05, 3.63) is 0 Å². The van der Waals surface area contributed by atoms with Gasteiger partial charge in [-0.15, -0.1) is 0 Å². The van der Waals surface area contributed by atoms with Crippen LogP contribution in [0, 0.1) is 0 Å². The lowest BCUT2D eigenvalue weighted by atomic mass is 9.94. The minimum absolute atomic E-state index is 0.297. The third-order valence-electron chi connectivity index (χ3n) is 2.47. The van der Waals surface area contributed by atoms with E-state index in [1.54, 1.807) is 6.92 Å². The molecule has 4 heteroatoms. The highest BCUT2D eigenvalue weighted by Crippen LogP contribution is 2.29. The van der Waals surface area contributed by atoms with Gasteiger partial charge >= 0.3 is 5.97 Å². The second-order valence-electron chi connectivity index (χ2n) is 3.35. The van der Waals surface area contributed by atoms with Crippen LogP contribution in [0.1, 0.15) is 40.0 Å². The van der Waals surface area contributed by atoms with Crippen molar-refractivity contribution < 1.29 is 14.4 Å². The summed E-state index contributed by atoms with van der Waals surface area (Å²) < 4.78 is 4.98. The van der Waals surface area contributed by atoms with Gasteiger partial charge in [0.2, 0.25) is 5.60 Å². The Kier molecular flexibility index (Phi) is 3.49. The normalized spacial score (nSPS) is 25.5. The van der Waals surface area contributed by atoms with Crippen molar-refractivity contribution in [2.24, 2.45) is 5.16 Å². The maximum atomic E-state index is 11.6. The van der Waals surface area contributed by atoms with Gasteiger partial charge < -0.3 is 9.57 Å². The Balaban J connectivity index is 2.67. The molecular formula is C10H17NO3. The Labute approximate surface area is 84.3 Å². The van der Waals surface area contributed by atoms with Crippen molar-refractivity contribution >= 4 is 11.7 Å². The number of ether oxygens (including phenoxy) is 1. The van der Waals surface area contributed by atoms with Crippen LogP contribution in [0.15, 0.2) is 5.16 Å². The summed E-state index contributed by atoms with van der Waals surface area (Å²) in [6.45, 7) is 6.08. The van der Waals surface area contributed by atoms with Crippen molar-refractivity contribution in [3.63, 3.8) is 0 Å². The Bertz CT molecular complexity index is 250. The summed E-state index contributed by atoms with van der Waals surface area (Å²) in [6.07, 6.45) is 1.98. The van der Waals surface area contributed by atoms with Crippen LogP contribution in [0.4, 0.5) is 0 Å². The zero-order valence-corrected chi connectivity index (χ0v) is 9.00. The topological polar surface area (TPSA) is 47.9 Å². The van der Waals surface area contributed by atoms with E-state index in [4.69, 9.17) is 9.57 Å². The molecule has 0 N–H and O–H groups in total. The number of nitrogens with zero attached hydrogens (tertiary/aromatic N) is 1. The molecule has 0 saturated heterocycles. The second-order valence-corrected chi connectivity index (χ2v) is 3.35. The van der Waals surface area contributed by atoms with Gasteiger partial charge in [0.1, 0.15) is 0 Å². The van der Waals surface area contributed by atoms with Gasteiger partial charge in [-0.25, -0.2) is 4.79 Å². The van der Waals surface area contributed by atoms with Crippen LogP contribution in [-0.4, -0.2) is 23.9 Å². The number of oxime groups is 1. The van der Waals surface area contributed by atoms with Gasteiger partial charge in [0, 0.05) is 6.42 Å². The number of carbonyl (C=O) groups excluding carboxylic acids is 1. The predicted molar refractivity (Wildman–Crippen MR) is 53.1 cm³/mol. The Hall–Kier alpha value is -1.06. The summed E-state index contributed by atoms with van der Waals surface area (Å²) in [7, 11) is 0. The molecule has 1 aliphatic rings. The summed E-state index contributed by atoms with van der Waals surface area (Å²) in [4.78, 5) is 16.9. The highest BCUT2D eigenvalue weighted by atomic mass is 16.7. The number of rotatable bonds is 4. The van der Waals surface area contributed by atoms with Crippen LogP contribution in [-0.2, 0) is 14.4 Å². The maximum absolute atomic E-state index is 11.6. The van der Waals surface area contributed by atoms with Crippen molar-refractivity contribution in [3.8, 4) is 0 Å². The van der Waals surface area contributed by atoms with Gasteiger partial charge in [0.15, 0.2) is 0 Å². The van der Waals surface area contributed by atoms with E-state index < -0.39 is 5.60 Å². The number of hydrogen-bond donors (Lipinski definition) is 0. The molecule has 1 rings (SSSR count). The molecule has 0 saturated carbocycles. The van der Waals surface area contributed by atoms with E-state index in [1.165, 1.54) is 0 Å². The van der Waals surface area contributed by atoms with Crippen LogP contribution < -0.4 is 0 Å². The highest BCUT2D eigenvalue weighted by Gasteiger charge is 2.45. The van der Waals surface area contributed by atoms with Crippen LogP contribution in [0.25, 0.3) is 0 Å². The zero-order valence-electron chi connectivity index (χ0n) is 9.00. The molecule has 1 heterocycles. The van der Waals surface area contributed by atoms with Gasteiger partial charge in [-0.3, -0.25) is 0 Å². The molecule has 0 aromatic carbocycles. The lowest BCUT2D eigenvalue weighted by Gasteiger charge is -2.22. The molecule has 0 aromatic rings. The fraction of sp³-hybridized carbons (Fsp3) is 0.800. The van der Waals surface area contributed by atoms with E-state index in [2.05, 4.69) is 5.16 Å². The zero-order chi connectivity index (χ0) is 10.6. The Morgan fingerprint density at radius 1 is 1.57 bits per heavy atom. The van der Waals surface area contributed by atoms with E-state index in [0.29, 0.717) is 19.4 Å². The summed E-state index contributed by atoms with van der Waals surface area (Å²) in [6, 6.07) is 0. The largest absolute Gasteiger partial charge is 0.463 e. The first-order chi connectivity index (χ1) is 6.68. The van der Waals surface area contributed by atoms with Crippen molar-refractivity contribution in [1.29, 1.82) is 0 Å². The summed E-state index contributed by atoms with van der Waals surface area (Å²) in [5, 5.41) is 3.90. The third-order valence-corrected chi connectivity index (χ3v) is 2.47. The van der Waals surface area contributed by atoms with Crippen molar-refractivity contribution in [2.75, 3.05) is 6.61 Å². The first-order valence-corrected chi connectivity index (χ1v) is 5.09. The fourth-order valence-corrected chi connectivity index (χ4v) is 1.44. The third kappa shape index (κ3) is 1.89. The van der Waals surface area contributed by atoms with Crippen LogP contribution in [0.2, 0.25) is 0 Å². The molecule has 0 bridgehead atoms.